The van der Waals surface area contributed by atoms with Crippen LogP contribution in [0, 0.1) is 27.7 Å². The number of benzene rings is 7. The summed E-state index contributed by atoms with van der Waals surface area (Å²) >= 11 is 0. The molecule has 0 heterocycles. The fourth-order valence-electron chi connectivity index (χ4n) is 6.47. The lowest BCUT2D eigenvalue weighted by molar-refractivity contribution is 0.0718. The second-order valence-electron chi connectivity index (χ2n) is 13.0. The second-order valence-corrected chi connectivity index (χ2v) is 17.0. The molecule has 0 N–H and O–H groups in total. The first kappa shape index (κ1) is 36.5. The Kier molecular flexibility index (Phi) is 11.1. The van der Waals surface area contributed by atoms with Crippen molar-refractivity contribution in [1.82, 2.24) is 0 Å². The Balaban J connectivity index is 1.07. The van der Waals surface area contributed by atoms with Crippen LogP contribution in [0.1, 0.15) is 43.0 Å². The topological polar surface area (TPSA) is 52.6 Å². The monoisotopic (exact) mass is 744 g/mol. The van der Waals surface area contributed by atoms with E-state index in [0.29, 0.717) is 22.6 Å². The lowest BCUT2D eigenvalue weighted by Crippen LogP contribution is -2.14. The molecule has 7 aromatic carbocycles. The molecule has 0 unspecified atom stereocenters. The maximum Gasteiger partial charge on any atom is 0.343 e. The van der Waals surface area contributed by atoms with Crippen molar-refractivity contribution in [3.8, 4) is 11.5 Å². The zero-order chi connectivity index (χ0) is 37.6. The van der Waals surface area contributed by atoms with Crippen LogP contribution in [-0.4, -0.2) is 11.9 Å². The molecule has 0 atom stereocenters. The molecule has 0 saturated heterocycles. The van der Waals surface area contributed by atoms with Gasteiger partial charge in [0.05, 0.1) is 32.9 Å². The van der Waals surface area contributed by atoms with E-state index < -0.39 is 11.9 Å². The third-order valence-electron chi connectivity index (χ3n) is 9.00. The summed E-state index contributed by atoms with van der Waals surface area (Å²) in [5.41, 5.74) is 4.18. The molecule has 0 aliphatic heterocycles. The Labute approximate surface area is 323 Å². The van der Waals surface area contributed by atoms with Crippen molar-refractivity contribution in [3.05, 3.63) is 203 Å². The Hall–Kier alpha value is -5.82. The highest BCUT2D eigenvalue weighted by atomic mass is 32.2. The van der Waals surface area contributed by atoms with Crippen LogP contribution < -0.4 is 9.47 Å². The van der Waals surface area contributed by atoms with Crippen LogP contribution in [0.2, 0.25) is 0 Å². The Morgan fingerprint density at radius 3 is 0.833 bits per heavy atom. The molecule has 4 nitrogen and oxygen atoms in total. The highest BCUT2D eigenvalue weighted by Crippen LogP contribution is 2.37. The van der Waals surface area contributed by atoms with Crippen LogP contribution in [-0.2, 0) is 21.8 Å². The summed E-state index contributed by atoms with van der Waals surface area (Å²) in [4.78, 5) is 34.0. The van der Waals surface area contributed by atoms with E-state index in [2.05, 4.69) is 121 Å². The number of esters is 2. The van der Waals surface area contributed by atoms with Gasteiger partial charge in [-0.15, -0.1) is 0 Å². The van der Waals surface area contributed by atoms with Gasteiger partial charge in [-0.25, -0.2) is 9.59 Å². The van der Waals surface area contributed by atoms with Gasteiger partial charge in [-0.05, 0) is 123 Å². The molecule has 7 rings (SSSR count). The first-order chi connectivity index (χ1) is 26.3. The number of hydrogen-bond donors (Lipinski definition) is 0. The van der Waals surface area contributed by atoms with Gasteiger partial charge in [0.2, 0.25) is 0 Å². The molecule has 7 aromatic rings. The highest BCUT2D eigenvalue weighted by molar-refractivity contribution is 7.97. The minimum Gasteiger partial charge on any atom is -0.422 e. The molecule has 266 valence electrons. The average Bonchev–Trinajstić information content (AvgIpc) is 3.19. The summed E-state index contributed by atoms with van der Waals surface area (Å²) < 4.78 is 12.0. The summed E-state index contributed by atoms with van der Waals surface area (Å²) in [5, 5.41) is 0. The fraction of sp³-hybridized carbons (Fsp3) is 0.0833. The standard InChI is InChI=1S/C48H40O4S2/c1-33-29-43(53(39-17-9-5-10-18-39)40-19-11-6-12-20-40)30-34(2)45(33)51-47(49)37-25-27-38(28-26-37)48(50)52-46-35(3)31-44(32-36(46)4)54(41-21-13-7-14-22-41)42-23-15-8-16-24-42/h5-32H,1-4H3/q+2. The normalized spacial score (nSPS) is 11.1. The van der Waals surface area contributed by atoms with Gasteiger partial charge in [0.1, 0.15) is 11.5 Å². The third kappa shape index (κ3) is 8.05. The quantitative estimate of drug-likeness (QED) is 0.0795. The van der Waals surface area contributed by atoms with E-state index in [9.17, 15) is 9.59 Å². The van der Waals surface area contributed by atoms with E-state index in [1.165, 1.54) is 19.6 Å². The molecule has 0 saturated carbocycles. The summed E-state index contributed by atoms with van der Waals surface area (Å²) in [7, 11) is -0.642. The Morgan fingerprint density at radius 2 is 0.593 bits per heavy atom. The third-order valence-corrected chi connectivity index (χ3v) is 13.4. The Bertz CT molecular complexity index is 2100. The number of carbonyl (C=O) groups is 2. The van der Waals surface area contributed by atoms with Crippen LogP contribution in [0.25, 0.3) is 0 Å². The summed E-state index contributed by atoms with van der Waals surface area (Å²) in [6, 6.07) is 56.7. The van der Waals surface area contributed by atoms with Crippen LogP contribution in [0.4, 0.5) is 0 Å². The zero-order valence-corrected chi connectivity index (χ0v) is 32.2. The molecule has 0 aliphatic rings. The van der Waals surface area contributed by atoms with E-state index in [1.54, 1.807) is 24.3 Å². The predicted octanol–water partition coefficient (Wildman–Crippen LogP) is 11.5. The zero-order valence-electron chi connectivity index (χ0n) is 30.6. The lowest BCUT2D eigenvalue weighted by Gasteiger charge is -2.14. The van der Waals surface area contributed by atoms with Gasteiger partial charge in [-0.3, -0.25) is 0 Å². The van der Waals surface area contributed by atoms with Gasteiger partial charge in [0.25, 0.3) is 0 Å². The smallest absolute Gasteiger partial charge is 0.343 e. The molecule has 0 fully saturated rings. The van der Waals surface area contributed by atoms with Crippen LogP contribution in [0.15, 0.2) is 199 Å². The van der Waals surface area contributed by atoms with E-state index >= 15 is 0 Å². The molecule has 0 amide bonds. The molecule has 0 radical (unpaired) electrons. The van der Waals surface area contributed by atoms with Gasteiger partial charge in [0, 0.05) is 24.3 Å². The van der Waals surface area contributed by atoms with Gasteiger partial charge in [-0.2, -0.15) is 0 Å². The van der Waals surface area contributed by atoms with Crippen molar-refractivity contribution in [2.75, 3.05) is 0 Å². The highest BCUT2D eigenvalue weighted by Gasteiger charge is 2.31. The van der Waals surface area contributed by atoms with Gasteiger partial charge in [0.15, 0.2) is 29.4 Å². The summed E-state index contributed by atoms with van der Waals surface area (Å²) in [6.07, 6.45) is 0. The second kappa shape index (κ2) is 16.5. The average molecular weight is 745 g/mol. The molecule has 0 aromatic heterocycles. The Morgan fingerprint density at radius 1 is 0.352 bits per heavy atom. The number of rotatable bonds is 10. The number of aryl methyl sites for hydroxylation is 4. The fourth-order valence-corrected chi connectivity index (χ4v) is 11.0. The SMILES string of the molecule is Cc1cc([S+](c2ccccc2)c2ccccc2)cc(C)c1OC(=O)c1ccc(C(=O)Oc2c(C)cc([S+](c3ccccc3)c3ccccc3)cc2C)cc1. The van der Waals surface area contributed by atoms with Crippen molar-refractivity contribution in [2.45, 2.75) is 57.1 Å². The van der Waals surface area contributed by atoms with Crippen LogP contribution >= 0.6 is 0 Å². The van der Waals surface area contributed by atoms with Gasteiger partial charge >= 0.3 is 11.9 Å². The van der Waals surface area contributed by atoms with E-state index in [0.717, 1.165) is 32.0 Å². The van der Waals surface area contributed by atoms with Crippen molar-refractivity contribution in [2.24, 2.45) is 0 Å². The lowest BCUT2D eigenvalue weighted by atomic mass is 10.1. The van der Waals surface area contributed by atoms with Gasteiger partial charge in [-0.1, -0.05) is 72.8 Å². The van der Waals surface area contributed by atoms with Crippen LogP contribution in [0.5, 0.6) is 11.5 Å². The molecule has 6 heteroatoms. The molecular formula is C48H40O4S2+2. The maximum atomic E-state index is 13.4. The number of hydrogen-bond acceptors (Lipinski definition) is 4. The number of carbonyl (C=O) groups excluding carboxylic acids is 2. The molecule has 0 aliphatic carbocycles. The van der Waals surface area contributed by atoms with Crippen molar-refractivity contribution in [3.63, 3.8) is 0 Å². The molecule has 0 spiro atoms. The van der Waals surface area contributed by atoms with E-state index in [1.807, 2.05) is 52.0 Å². The summed E-state index contributed by atoms with van der Waals surface area (Å²) in [6.45, 7) is 7.87. The maximum absolute atomic E-state index is 13.4. The van der Waals surface area contributed by atoms with Crippen molar-refractivity contribution >= 4 is 33.7 Å². The minimum absolute atomic E-state index is 0.321. The summed E-state index contributed by atoms with van der Waals surface area (Å²) in [5.74, 6) is 0.0874. The van der Waals surface area contributed by atoms with Gasteiger partial charge < -0.3 is 9.47 Å². The first-order valence-electron chi connectivity index (χ1n) is 17.7. The predicted molar refractivity (Wildman–Crippen MR) is 218 cm³/mol. The van der Waals surface area contributed by atoms with E-state index in [-0.39, 0.29) is 21.8 Å². The van der Waals surface area contributed by atoms with Crippen molar-refractivity contribution < 1.29 is 19.1 Å². The first-order valence-corrected chi connectivity index (χ1v) is 20.2. The van der Waals surface area contributed by atoms with Crippen LogP contribution in [0.3, 0.4) is 0 Å². The molecular weight excluding hydrogens is 705 g/mol. The van der Waals surface area contributed by atoms with E-state index in [4.69, 9.17) is 9.47 Å². The molecule has 0 bridgehead atoms. The largest absolute Gasteiger partial charge is 0.422 e. The minimum atomic E-state index is -0.492. The van der Waals surface area contributed by atoms with Crippen molar-refractivity contribution in [1.29, 1.82) is 0 Å². The molecule has 54 heavy (non-hydrogen) atoms. The number of ether oxygens (including phenoxy) is 2.